The first kappa shape index (κ1) is 14.8. The number of amidine groups is 1. The summed E-state index contributed by atoms with van der Waals surface area (Å²) in [4.78, 5) is 10.3. The highest BCUT2D eigenvalue weighted by Gasteiger charge is 2.28. The molecule has 0 atom stereocenters. The Morgan fingerprint density at radius 2 is 1.79 bits per heavy atom. The van der Waals surface area contributed by atoms with Gasteiger partial charge in [0.1, 0.15) is 0 Å². The topological polar surface area (TPSA) is 75.0 Å². The van der Waals surface area contributed by atoms with Crippen molar-refractivity contribution < 1.29 is 8.42 Å². The lowest BCUT2D eigenvalue weighted by Gasteiger charge is -2.28. The summed E-state index contributed by atoms with van der Waals surface area (Å²) >= 11 is 0. The van der Waals surface area contributed by atoms with E-state index in [1.54, 1.807) is 23.6 Å². The average molecular weight is 338 g/mol. The molecule has 2 aliphatic rings. The molecule has 0 saturated carbocycles. The number of benzene rings is 1. The van der Waals surface area contributed by atoms with Crippen molar-refractivity contribution in [3.63, 3.8) is 0 Å². The molecule has 1 aromatic carbocycles. The van der Waals surface area contributed by atoms with Crippen LogP contribution in [0, 0.1) is 0 Å². The summed E-state index contributed by atoms with van der Waals surface area (Å²) in [6.07, 6.45) is 5.01. The minimum atomic E-state index is -3.41. The Morgan fingerprint density at radius 1 is 1.00 bits per heavy atom. The molecule has 2 aliphatic heterocycles. The summed E-state index contributed by atoms with van der Waals surface area (Å²) in [6.45, 7) is 0.369. The Kier molecular flexibility index (Phi) is 3.50. The number of rotatable bonds is 2. The van der Waals surface area contributed by atoms with Crippen LogP contribution in [0.1, 0.15) is 5.56 Å². The van der Waals surface area contributed by atoms with Crippen LogP contribution in [-0.4, -0.2) is 42.8 Å². The lowest BCUT2D eigenvalue weighted by atomic mass is 10.0. The Labute approximate surface area is 140 Å². The van der Waals surface area contributed by atoms with Crippen LogP contribution < -0.4 is 0 Å². The second kappa shape index (κ2) is 5.68. The predicted molar refractivity (Wildman–Crippen MR) is 94.1 cm³/mol. The summed E-state index contributed by atoms with van der Waals surface area (Å²) < 4.78 is 27.6. The zero-order valence-corrected chi connectivity index (χ0v) is 13.5. The molecular formula is C17H14N4O2S. The summed E-state index contributed by atoms with van der Waals surface area (Å²) in [5.74, 6) is 0.441. The van der Waals surface area contributed by atoms with Gasteiger partial charge in [-0.3, -0.25) is 4.98 Å². The van der Waals surface area contributed by atoms with Gasteiger partial charge in [0.25, 0.3) is 10.0 Å². The number of fused-ring (bicyclic) bond motifs is 1. The van der Waals surface area contributed by atoms with Crippen molar-refractivity contribution in [3.05, 3.63) is 60.4 Å². The van der Waals surface area contributed by atoms with E-state index < -0.39 is 10.0 Å². The number of sulfonamides is 1. The second-order valence-corrected chi connectivity index (χ2v) is 7.25. The molecule has 0 spiro atoms. The van der Waals surface area contributed by atoms with E-state index in [2.05, 4.69) is 14.4 Å². The normalized spacial score (nSPS) is 18.6. The maximum Gasteiger partial charge on any atom is 0.256 e. The first-order valence-corrected chi connectivity index (χ1v) is 9.08. The van der Waals surface area contributed by atoms with Gasteiger partial charge in [-0.15, -0.1) is 4.40 Å². The van der Waals surface area contributed by atoms with Crippen LogP contribution in [0.3, 0.4) is 0 Å². The fourth-order valence-corrected chi connectivity index (χ4v) is 3.65. The molecule has 1 aromatic heterocycles. The van der Waals surface area contributed by atoms with Crippen LogP contribution in [0.5, 0.6) is 0 Å². The third kappa shape index (κ3) is 2.74. The van der Waals surface area contributed by atoms with Crippen molar-refractivity contribution in [1.82, 2.24) is 9.88 Å². The molecule has 0 aliphatic carbocycles. The molecule has 7 heteroatoms. The maximum atomic E-state index is 11.8. The van der Waals surface area contributed by atoms with Crippen LogP contribution in [0.25, 0.3) is 16.8 Å². The summed E-state index contributed by atoms with van der Waals surface area (Å²) in [7, 11) is -3.41. The predicted octanol–water partition coefficient (Wildman–Crippen LogP) is 2.18. The molecule has 0 fully saturated rings. The van der Waals surface area contributed by atoms with Gasteiger partial charge in [0.05, 0.1) is 17.8 Å². The van der Waals surface area contributed by atoms with Gasteiger partial charge in [-0.2, -0.15) is 0 Å². The van der Waals surface area contributed by atoms with Gasteiger partial charge < -0.3 is 4.90 Å². The quantitative estimate of drug-likeness (QED) is 0.841. The molecule has 6 nitrogen and oxygen atoms in total. The van der Waals surface area contributed by atoms with Crippen molar-refractivity contribution in [2.75, 3.05) is 12.3 Å². The van der Waals surface area contributed by atoms with Crippen molar-refractivity contribution in [2.24, 2.45) is 9.39 Å². The molecule has 0 bridgehead atoms. The molecule has 24 heavy (non-hydrogen) atoms. The summed E-state index contributed by atoms with van der Waals surface area (Å²) in [5, 5.41) is 0. The van der Waals surface area contributed by atoms with Gasteiger partial charge in [0, 0.05) is 30.1 Å². The average Bonchev–Trinajstić information content (AvgIpc) is 2.61. The minimum Gasteiger partial charge on any atom is -0.315 e. The van der Waals surface area contributed by atoms with Gasteiger partial charge >= 0.3 is 0 Å². The molecule has 3 heterocycles. The Balaban J connectivity index is 1.72. The van der Waals surface area contributed by atoms with E-state index in [1.807, 2.05) is 42.5 Å². The highest BCUT2D eigenvalue weighted by Crippen LogP contribution is 2.26. The number of aliphatic imine (C=N–C) groups is 1. The van der Waals surface area contributed by atoms with Crippen LogP contribution in [0.2, 0.25) is 0 Å². The molecule has 120 valence electrons. The summed E-state index contributed by atoms with van der Waals surface area (Å²) in [5.41, 5.74) is 3.45. The molecule has 0 saturated heterocycles. The number of nitrogens with zero attached hydrogens (tertiary/aromatic N) is 4. The van der Waals surface area contributed by atoms with Crippen LogP contribution in [0.4, 0.5) is 0 Å². The Bertz CT molecular complexity index is 961. The van der Waals surface area contributed by atoms with E-state index in [4.69, 9.17) is 0 Å². The maximum absolute atomic E-state index is 11.8. The van der Waals surface area contributed by atoms with Crippen LogP contribution >= 0.6 is 0 Å². The molecule has 0 amide bonds. The van der Waals surface area contributed by atoms with E-state index in [1.165, 1.54) is 0 Å². The molecule has 4 rings (SSSR count). The van der Waals surface area contributed by atoms with Gasteiger partial charge in [0.15, 0.2) is 5.84 Å². The van der Waals surface area contributed by atoms with Crippen molar-refractivity contribution >= 4 is 27.8 Å². The number of pyridine rings is 1. The number of hydrogen-bond acceptors (Lipinski definition) is 5. The van der Waals surface area contributed by atoms with E-state index in [0.29, 0.717) is 18.0 Å². The fraction of sp³-hybridized carbons (Fsp3) is 0.118. The Hall–Kier alpha value is -2.80. The summed E-state index contributed by atoms with van der Waals surface area (Å²) in [6, 6.07) is 13.5. The largest absolute Gasteiger partial charge is 0.315 e. The second-order valence-electron chi connectivity index (χ2n) is 5.49. The van der Waals surface area contributed by atoms with E-state index in [-0.39, 0.29) is 5.75 Å². The number of aromatic nitrogens is 1. The molecule has 0 N–H and O–H groups in total. The van der Waals surface area contributed by atoms with Crippen molar-refractivity contribution in [2.45, 2.75) is 0 Å². The van der Waals surface area contributed by atoms with Gasteiger partial charge in [0.2, 0.25) is 0 Å². The van der Waals surface area contributed by atoms with Crippen molar-refractivity contribution in [1.29, 1.82) is 0 Å². The molecule has 0 unspecified atom stereocenters. The van der Waals surface area contributed by atoms with Gasteiger partial charge in [-0.1, -0.05) is 30.3 Å². The number of hydrogen-bond donors (Lipinski definition) is 0. The van der Waals surface area contributed by atoms with Crippen LogP contribution in [-0.2, 0) is 10.0 Å². The highest BCUT2D eigenvalue weighted by molar-refractivity contribution is 7.90. The Morgan fingerprint density at radius 3 is 2.54 bits per heavy atom. The SMILES string of the molecule is O=S1(=O)CCN2C=NC=C(c3ccc(-c4ccccn4)cc3)C2=N1. The van der Waals surface area contributed by atoms with E-state index >= 15 is 0 Å². The zero-order valence-electron chi connectivity index (χ0n) is 12.7. The molecule has 2 aromatic rings. The van der Waals surface area contributed by atoms with Crippen molar-refractivity contribution in [3.8, 4) is 11.3 Å². The third-order valence-electron chi connectivity index (χ3n) is 3.89. The monoisotopic (exact) mass is 338 g/mol. The van der Waals surface area contributed by atoms with Crippen LogP contribution in [0.15, 0.2) is 64.3 Å². The lowest BCUT2D eigenvalue weighted by molar-refractivity contribution is 0.574. The molecule has 0 radical (unpaired) electrons. The van der Waals surface area contributed by atoms with E-state index in [9.17, 15) is 8.42 Å². The first-order chi connectivity index (χ1) is 11.6. The minimum absolute atomic E-state index is 0.00835. The standard InChI is InChI=1S/C17H14N4O2S/c22-24(23)10-9-21-12-18-11-15(17(21)20-24)13-4-6-14(7-5-13)16-3-1-2-8-19-16/h1-8,11-12H,9-10H2. The smallest absolute Gasteiger partial charge is 0.256 e. The van der Waals surface area contributed by atoms with Gasteiger partial charge in [-0.05, 0) is 17.7 Å². The fourth-order valence-electron chi connectivity index (χ4n) is 2.67. The zero-order chi connectivity index (χ0) is 16.6. The first-order valence-electron chi connectivity index (χ1n) is 7.47. The van der Waals surface area contributed by atoms with E-state index in [0.717, 1.165) is 16.8 Å². The van der Waals surface area contributed by atoms with Gasteiger partial charge in [-0.25, -0.2) is 13.4 Å². The highest BCUT2D eigenvalue weighted by atomic mass is 32.2. The third-order valence-corrected chi connectivity index (χ3v) is 5.04. The molecular weight excluding hydrogens is 324 g/mol. The lowest BCUT2D eigenvalue weighted by Crippen LogP contribution is -2.40.